The van der Waals surface area contributed by atoms with Crippen molar-refractivity contribution in [2.24, 2.45) is 34.5 Å². The molecule has 0 amide bonds. The smallest absolute Gasteiger partial charge is 0.338 e. The van der Waals surface area contributed by atoms with E-state index < -0.39 is 28.1 Å². The number of likely N-dealkylation sites (tertiary alicyclic amines) is 1. The number of hydrogen-bond donors (Lipinski definition) is 2. The fourth-order valence-electron chi connectivity index (χ4n) is 12.0. The number of aliphatic hydroxyl groups is 2. The van der Waals surface area contributed by atoms with E-state index >= 15 is 0 Å². The van der Waals surface area contributed by atoms with Crippen LogP contribution in [-0.2, 0) is 23.7 Å². The summed E-state index contributed by atoms with van der Waals surface area (Å²) in [5.41, 5.74) is -2.49. The summed E-state index contributed by atoms with van der Waals surface area (Å²) in [6.07, 6.45) is 1.38. The maximum Gasteiger partial charge on any atom is 0.338 e. The highest BCUT2D eigenvalue weighted by Crippen LogP contribution is 2.80. The molecule has 1 unspecified atom stereocenters. The van der Waals surface area contributed by atoms with E-state index in [1.54, 1.807) is 28.4 Å². The molecule has 7 rings (SSSR count). The molecule has 6 aliphatic rings. The lowest BCUT2D eigenvalue weighted by Crippen LogP contribution is -2.82. The number of ether oxygens (including phenoxy) is 5. The Morgan fingerprint density at radius 2 is 1.79 bits per heavy atom. The van der Waals surface area contributed by atoms with Crippen molar-refractivity contribution in [3.05, 3.63) is 35.4 Å². The van der Waals surface area contributed by atoms with Gasteiger partial charge < -0.3 is 33.9 Å². The summed E-state index contributed by atoms with van der Waals surface area (Å²) in [4.78, 5) is 15.7. The van der Waals surface area contributed by atoms with Gasteiger partial charge in [0.2, 0.25) is 0 Å². The predicted octanol–water partition coefficient (Wildman–Crippen LogP) is 2.44. The second-order valence-corrected chi connectivity index (χ2v) is 14.1. The highest BCUT2D eigenvalue weighted by atomic mass is 16.5. The Bertz CT molecular complexity index is 1230. The summed E-state index contributed by atoms with van der Waals surface area (Å²) in [7, 11) is 6.85. The minimum absolute atomic E-state index is 0.0137. The van der Waals surface area contributed by atoms with Crippen molar-refractivity contribution in [3.8, 4) is 0 Å². The van der Waals surface area contributed by atoms with E-state index in [1.165, 1.54) is 0 Å². The van der Waals surface area contributed by atoms with Crippen LogP contribution in [0.25, 0.3) is 0 Å². The van der Waals surface area contributed by atoms with Gasteiger partial charge in [0.05, 0.1) is 42.6 Å². The van der Waals surface area contributed by atoms with Crippen LogP contribution in [0.4, 0.5) is 0 Å². The zero-order valence-corrected chi connectivity index (χ0v) is 25.7. The third-order valence-corrected chi connectivity index (χ3v) is 13.1. The number of likely N-dealkylation sites (N-methyl/N-ethyl adjacent to an activating group) is 1. The minimum atomic E-state index is -1.60. The van der Waals surface area contributed by atoms with Crippen molar-refractivity contribution < 1.29 is 38.7 Å². The van der Waals surface area contributed by atoms with E-state index in [0.717, 1.165) is 24.8 Å². The van der Waals surface area contributed by atoms with E-state index in [2.05, 4.69) is 11.8 Å². The molecule has 7 bridgehead atoms. The zero-order chi connectivity index (χ0) is 29.8. The SMILES string of the molecule is CCN1C[C@]2(COC(=O)c3ccc(C)cc3)CCC(OC)[C@@]34[C@@H]5C[C@H]6[C@H](OC)[C@@H]5[C@](O)(C[C@@H]6OC)[C@](O)([C@@H](OC)[C@H]23)[C@@H]14. The number of rotatable bonds is 8. The minimum Gasteiger partial charge on any atom is -0.461 e. The van der Waals surface area contributed by atoms with E-state index in [-0.39, 0.29) is 60.6 Å². The largest absolute Gasteiger partial charge is 0.461 e. The number of aryl methyl sites for hydroxylation is 1. The molecule has 2 N–H and O–H groups in total. The van der Waals surface area contributed by atoms with Crippen LogP contribution in [0.3, 0.4) is 0 Å². The highest BCUT2D eigenvalue weighted by Gasteiger charge is 2.91. The van der Waals surface area contributed by atoms with Crippen LogP contribution in [0.2, 0.25) is 0 Å². The molecule has 1 saturated heterocycles. The summed E-state index contributed by atoms with van der Waals surface area (Å²) < 4.78 is 31.2. The van der Waals surface area contributed by atoms with Gasteiger partial charge in [-0.15, -0.1) is 0 Å². The van der Waals surface area contributed by atoms with Crippen LogP contribution >= 0.6 is 0 Å². The molecule has 6 fully saturated rings. The molecule has 13 atom stereocenters. The average Bonchev–Trinajstić information content (AvgIpc) is 3.41. The van der Waals surface area contributed by atoms with Gasteiger partial charge in [0, 0.05) is 70.0 Å². The van der Waals surface area contributed by atoms with Gasteiger partial charge in [-0.2, -0.15) is 0 Å². The first-order valence-electron chi connectivity index (χ1n) is 15.7. The van der Waals surface area contributed by atoms with Gasteiger partial charge in [-0.3, -0.25) is 4.90 Å². The first-order valence-corrected chi connectivity index (χ1v) is 15.7. The monoisotopic (exact) mass is 585 g/mol. The molecule has 1 heterocycles. The molecule has 1 aromatic carbocycles. The molecule has 5 aliphatic carbocycles. The van der Waals surface area contributed by atoms with Crippen LogP contribution in [-0.4, -0.2) is 111 Å². The van der Waals surface area contributed by atoms with Crippen LogP contribution < -0.4 is 0 Å². The summed E-state index contributed by atoms with van der Waals surface area (Å²) in [5.74, 6) is -0.695. The number of benzene rings is 1. The van der Waals surface area contributed by atoms with E-state index in [1.807, 2.05) is 31.2 Å². The Kier molecular flexibility index (Phi) is 6.73. The maximum atomic E-state index is 13.4. The number of methoxy groups -OCH3 is 4. The molecule has 42 heavy (non-hydrogen) atoms. The Labute approximate surface area is 248 Å². The second kappa shape index (κ2) is 9.70. The number of carbonyl (C=O) groups is 1. The molecule has 1 spiro atoms. The number of carbonyl (C=O) groups excluding carboxylic acids is 1. The fourth-order valence-corrected chi connectivity index (χ4v) is 12.0. The van der Waals surface area contributed by atoms with Crippen molar-refractivity contribution in [1.29, 1.82) is 0 Å². The van der Waals surface area contributed by atoms with Crippen molar-refractivity contribution >= 4 is 5.97 Å². The van der Waals surface area contributed by atoms with Gasteiger partial charge in [-0.1, -0.05) is 24.6 Å². The summed E-state index contributed by atoms with van der Waals surface area (Å²) in [5, 5.41) is 26.3. The van der Waals surface area contributed by atoms with Crippen molar-refractivity contribution in [2.45, 2.75) is 81.2 Å². The number of piperidine rings is 1. The number of hydrogen-bond acceptors (Lipinski definition) is 9. The van der Waals surface area contributed by atoms with Crippen LogP contribution in [0.1, 0.15) is 48.5 Å². The molecule has 0 radical (unpaired) electrons. The Morgan fingerprint density at radius 1 is 1.05 bits per heavy atom. The Hall–Kier alpha value is -1.59. The van der Waals surface area contributed by atoms with E-state index in [0.29, 0.717) is 25.1 Å². The van der Waals surface area contributed by atoms with Crippen LogP contribution in [0.5, 0.6) is 0 Å². The van der Waals surface area contributed by atoms with E-state index in [4.69, 9.17) is 23.7 Å². The quantitative estimate of drug-likeness (QED) is 0.445. The number of nitrogens with zero attached hydrogens (tertiary/aromatic N) is 1. The maximum absolute atomic E-state index is 13.4. The Morgan fingerprint density at radius 3 is 2.40 bits per heavy atom. The molecular formula is C33H47NO8. The third-order valence-electron chi connectivity index (χ3n) is 13.1. The van der Waals surface area contributed by atoms with Crippen LogP contribution in [0.15, 0.2) is 24.3 Å². The summed E-state index contributed by atoms with van der Waals surface area (Å²) >= 11 is 0. The van der Waals surface area contributed by atoms with Gasteiger partial charge in [0.15, 0.2) is 0 Å². The van der Waals surface area contributed by atoms with Gasteiger partial charge in [-0.05, 0) is 50.8 Å². The number of fused-ring (bicyclic) bond motifs is 2. The molecule has 9 nitrogen and oxygen atoms in total. The topological polar surface area (TPSA) is 107 Å². The molecule has 1 aromatic rings. The van der Waals surface area contributed by atoms with Gasteiger partial charge >= 0.3 is 5.97 Å². The number of esters is 1. The lowest BCUT2D eigenvalue weighted by atomic mass is 9.42. The van der Waals surface area contributed by atoms with Crippen molar-refractivity contribution in [3.63, 3.8) is 0 Å². The van der Waals surface area contributed by atoms with Gasteiger partial charge in [-0.25, -0.2) is 4.79 Å². The fraction of sp³-hybridized carbons (Fsp3) is 0.788. The second-order valence-electron chi connectivity index (χ2n) is 14.1. The highest BCUT2D eigenvalue weighted by molar-refractivity contribution is 5.89. The third kappa shape index (κ3) is 3.21. The predicted molar refractivity (Wildman–Crippen MR) is 153 cm³/mol. The average molecular weight is 586 g/mol. The molecule has 1 aliphatic heterocycles. The molecular weight excluding hydrogens is 538 g/mol. The first kappa shape index (κ1) is 29.1. The zero-order valence-electron chi connectivity index (χ0n) is 25.7. The van der Waals surface area contributed by atoms with Crippen molar-refractivity contribution in [2.75, 3.05) is 48.1 Å². The van der Waals surface area contributed by atoms with Gasteiger partial charge in [0.1, 0.15) is 11.2 Å². The molecule has 5 saturated carbocycles. The molecule has 232 valence electrons. The summed E-state index contributed by atoms with van der Waals surface area (Å²) in [6.45, 7) is 5.66. The normalized spacial score (nSPS) is 50.1. The lowest BCUT2D eigenvalue weighted by Gasteiger charge is -2.70. The van der Waals surface area contributed by atoms with Gasteiger partial charge in [0.25, 0.3) is 0 Å². The van der Waals surface area contributed by atoms with E-state index in [9.17, 15) is 15.0 Å². The molecule has 0 aromatic heterocycles. The van der Waals surface area contributed by atoms with Crippen molar-refractivity contribution in [1.82, 2.24) is 4.90 Å². The molecule has 9 heteroatoms. The lowest BCUT2D eigenvalue weighted by molar-refractivity contribution is -0.320. The standard InChI is InChI=1S/C33H47NO8/c1-7-34-16-30(17-42-28(35)19-10-8-18(2)9-11-19)13-12-23(39-4)32-21-14-20-22(38-3)15-31(36,24(21)25(20)40-5)33(37,29(32)34)27(41-6)26(30)32/h8-11,20-27,29,36-37H,7,12-17H2,1-6H3/t20-,21-,22+,23?,24-,25+,26-,27+,29+,30+,31-,32+,33+/m1/s1. The first-order chi connectivity index (χ1) is 20.1. The Balaban J connectivity index is 1.40. The van der Waals surface area contributed by atoms with Crippen LogP contribution in [0, 0.1) is 41.4 Å². The summed E-state index contributed by atoms with van der Waals surface area (Å²) in [6, 6.07) is 7.08.